The Morgan fingerprint density at radius 2 is 1.77 bits per heavy atom. The summed E-state index contributed by atoms with van der Waals surface area (Å²) in [6, 6.07) is 17.3. The molecule has 2 fully saturated rings. The van der Waals surface area contributed by atoms with E-state index in [0.717, 1.165) is 58.3 Å². The van der Waals surface area contributed by atoms with E-state index in [1.165, 1.54) is 25.9 Å². The first-order chi connectivity index (χ1) is 22.8. The summed E-state index contributed by atoms with van der Waals surface area (Å²) in [5, 5.41) is 11.8. The number of halogens is 4. The van der Waals surface area contributed by atoms with Gasteiger partial charge in [0.15, 0.2) is 0 Å². The van der Waals surface area contributed by atoms with Crippen molar-refractivity contribution in [2.24, 2.45) is 13.0 Å². The van der Waals surface area contributed by atoms with Gasteiger partial charge in [0.25, 0.3) is 0 Å². The van der Waals surface area contributed by atoms with Gasteiger partial charge in [0.05, 0.1) is 28.2 Å². The van der Waals surface area contributed by atoms with E-state index < -0.39 is 23.5 Å². The van der Waals surface area contributed by atoms with Crippen molar-refractivity contribution >= 4 is 46.7 Å². The molecule has 256 valence electrons. The topological polar surface area (TPSA) is 90.7 Å². The van der Waals surface area contributed by atoms with Crippen molar-refractivity contribution < 1.29 is 32.3 Å². The minimum absolute atomic E-state index is 0.0821. The van der Waals surface area contributed by atoms with Crippen LogP contribution in [0, 0.1) is 18.7 Å². The molecule has 3 atom stereocenters. The summed E-state index contributed by atoms with van der Waals surface area (Å²) in [4.78, 5) is 30.3. The molecule has 0 bridgehead atoms. The largest absolute Gasteiger partial charge is 0.481 e. The van der Waals surface area contributed by atoms with Gasteiger partial charge in [0, 0.05) is 30.7 Å². The molecule has 3 aromatic carbocycles. The van der Waals surface area contributed by atoms with Gasteiger partial charge in [0.2, 0.25) is 6.41 Å². The summed E-state index contributed by atoms with van der Waals surface area (Å²) >= 11 is 1.67. The molecule has 2 aliphatic rings. The number of nitrogens with one attached hydrogen (secondary N) is 1. The van der Waals surface area contributed by atoms with Gasteiger partial charge in [-0.3, -0.25) is 9.59 Å². The molecule has 1 saturated heterocycles. The predicted molar refractivity (Wildman–Crippen MR) is 180 cm³/mol. The maximum Gasteiger partial charge on any atom is 0.416 e. The van der Waals surface area contributed by atoms with Crippen LogP contribution in [0.15, 0.2) is 65.6 Å². The number of likely N-dealkylation sites (tertiary alicyclic amines) is 1. The number of aromatic nitrogens is 2. The summed E-state index contributed by atoms with van der Waals surface area (Å²) in [6.45, 7) is 4.36. The van der Waals surface area contributed by atoms with Crippen LogP contribution in [0.1, 0.15) is 55.0 Å². The van der Waals surface area contributed by atoms with Crippen molar-refractivity contribution in [2.75, 3.05) is 29.8 Å². The van der Waals surface area contributed by atoms with Gasteiger partial charge in [-0.2, -0.15) is 13.2 Å². The van der Waals surface area contributed by atoms with Crippen molar-refractivity contribution in [3.63, 3.8) is 0 Å². The fourth-order valence-corrected chi connectivity index (χ4v) is 7.46. The molecule has 1 aliphatic carbocycles. The molecular formula is C35H39F4N5O3S. The molecule has 0 spiro atoms. The molecule has 4 aromatic rings. The minimum Gasteiger partial charge on any atom is -0.481 e. The number of nitrogens with zero attached hydrogens (tertiary/aromatic N) is 4. The molecule has 13 heteroatoms. The number of carbonyl (C=O) groups excluding carboxylic acids is 1. The highest BCUT2D eigenvalue weighted by Gasteiger charge is 2.38. The molecule has 2 N–H and O–H groups in total. The Bertz CT molecular complexity index is 1740. The lowest BCUT2D eigenvalue weighted by atomic mass is 9.73. The number of alkyl halides is 3. The van der Waals surface area contributed by atoms with Gasteiger partial charge >= 0.3 is 12.1 Å². The molecule has 1 unspecified atom stereocenters. The van der Waals surface area contributed by atoms with E-state index in [9.17, 15) is 32.3 Å². The number of aliphatic carboxylic acids is 1. The Morgan fingerprint density at radius 1 is 1.06 bits per heavy atom. The maximum atomic E-state index is 12.8. The second kappa shape index (κ2) is 15.0. The number of amides is 1. The lowest BCUT2D eigenvalue weighted by molar-refractivity contribution is -0.144. The molecule has 48 heavy (non-hydrogen) atoms. The zero-order valence-corrected chi connectivity index (χ0v) is 27.8. The second-order valence-corrected chi connectivity index (χ2v) is 13.5. The minimum atomic E-state index is -4.58. The average molecular weight is 686 g/mol. The van der Waals surface area contributed by atoms with Crippen LogP contribution in [0.4, 0.5) is 28.9 Å². The van der Waals surface area contributed by atoms with Crippen LogP contribution in [0.3, 0.4) is 0 Å². The number of rotatable bonds is 8. The second-order valence-electron chi connectivity index (χ2n) is 12.3. The summed E-state index contributed by atoms with van der Waals surface area (Å²) in [6.07, 6.45) is 0.875. The highest BCUT2D eigenvalue weighted by Crippen LogP contribution is 2.41. The number of carboxylic acids is 1. The number of benzene rings is 3. The third kappa shape index (κ3) is 8.12. The number of aryl methyl sites for hydroxylation is 2. The van der Waals surface area contributed by atoms with Crippen LogP contribution < -0.4 is 9.62 Å². The van der Waals surface area contributed by atoms with Crippen LogP contribution in [0.5, 0.6) is 0 Å². The third-order valence-electron chi connectivity index (χ3n) is 9.31. The van der Waals surface area contributed by atoms with E-state index >= 15 is 0 Å². The fraction of sp³-hybridized carbons (Fsp3) is 0.400. The monoisotopic (exact) mass is 685 g/mol. The van der Waals surface area contributed by atoms with Crippen molar-refractivity contribution in [2.45, 2.75) is 62.1 Å². The lowest BCUT2D eigenvalue weighted by Crippen LogP contribution is -2.40. The van der Waals surface area contributed by atoms with Gasteiger partial charge in [-0.1, -0.05) is 12.1 Å². The number of hydrogen-bond donors (Lipinski definition) is 2. The summed E-state index contributed by atoms with van der Waals surface area (Å²) in [5.41, 5.74) is 3.04. The standard InChI is InChI=1S/C27H34N4O2S.C8H5F4NO/c1-18-28-25-17-22(11-13-26(25)29(18)2)34-30(3)20-8-6-19(7-9-20)24-16-21(31-14-4-5-15-31)10-12-23(24)27(32)33;9-6-3-5(8(10,11)12)1-2-7(6)13-4-14/h6-9,11,13,17,21,23-24H,4-5,10,12,14-16H2,1-3H3,(H,32,33);1-4H,(H,13,14)/t21-,23?,24+;/m1./s1. The van der Waals surface area contributed by atoms with Gasteiger partial charge in [0.1, 0.15) is 11.6 Å². The molecule has 1 amide bonds. The molecule has 6 rings (SSSR count). The summed E-state index contributed by atoms with van der Waals surface area (Å²) in [5.74, 6) is -0.965. The quantitative estimate of drug-likeness (QED) is 0.111. The van der Waals surface area contributed by atoms with E-state index in [1.54, 1.807) is 11.9 Å². The Balaban J connectivity index is 0.000000271. The number of fused-ring (bicyclic) bond motifs is 1. The van der Waals surface area contributed by atoms with Gasteiger partial charge < -0.3 is 24.2 Å². The van der Waals surface area contributed by atoms with Crippen molar-refractivity contribution in [1.29, 1.82) is 0 Å². The summed E-state index contributed by atoms with van der Waals surface area (Å²) in [7, 11) is 4.11. The van der Waals surface area contributed by atoms with Gasteiger partial charge in [-0.15, -0.1) is 0 Å². The van der Waals surface area contributed by atoms with E-state index in [4.69, 9.17) is 0 Å². The Kier molecular flexibility index (Phi) is 11.0. The Hall–Kier alpha value is -4.10. The van der Waals surface area contributed by atoms with Crippen LogP contribution in [-0.4, -0.2) is 58.1 Å². The van der Waals surface area contributed by atoms with E-state index in [1.807, 2.05) is 19.3 Å². The highest BCUT2D eigenvalue weighted by molar-refractivity contribution is 8.00. The first-order valence-electron chi connectivity index (χ1n) is 15.8. The maximum absolute atomic E-state index is 12.8. The van der Waals surface area contributed by atoms with Crippen LogP contribution >= 0.6 is 11.9 Å². The molecule has 1 aliphatic heterocycles. The van der Waals surface area contributed by atoms with Crippen molar-refractivity contribution in [1.82, 2.24) is 14.5 Å². The molecule has 0 radical (unpaired) electrons. The fourth-order valence-electron chi connectivity index (χ4n) is 6.62. The first kappa shape index (κ1) is 35.2. The zero-order chi connectivity index (χ0) is 34.6. The Labute approximate surface area is 281 Å². The smallest absolute Gasteiger partial charge is 0.416 e. The SMILES string of the molecule is Cc1nc2cc(SN(C)c3ccc([C@@H]4C[C@H](N5CCCC5)CCC4C(=O)O)cc3)ccc2n1C.O=CNc1ccc(C(F)(F)F)cc1F. The van der Waals surface area contributed by atoms with Crippen LogP contribution in [0.25, 0.3) is 11.0 Å². The number of anilines is 2. The van der Waals surface area contributed by atoms with E-state index in [2.05, 4.69) is 68.3 Å². The van der Waals surface area contributed by atoms with Crippen LogP contribution in [-0.2, 0) is 22.8 Å². The molecular weight excluding hydrogens is 646 g/mol. The number of hydrogen-bond acceptors (Lipinski definition) is 6. The van der Waals surface area contributed by atoms with Gasteiger partial charge in [-0.25, -0.2) is 9.37 Å². The molecule has 1 saturated carbocycles. The number of carboxylic acid groups (broad SMARTS) is 1. The third-order valence-corrected chi connectivity index (χ3v) is 10.3. The normalized spacial score (nSPS) is 19.9. The van der Waals surface area contributed by atoms with E-state index in [-0.39, 0.29) is 23.9 Å². The average Bonchev–Trinajstić information content (AvgIpc) is 3.69. The molecule has 2 heterocycles. The molecule has 8 nitrogen and oxygen atoms in total. The number of imidazole rings is 1. The van der Waals surface area contributed by atoms with Crippen LogP contribution in [0.2, 0.25) is 0 Å². The van der Waals surface area contributed by atoms with Gasteiger partial charge in [-0.05, 0) is 124 Å². The molecule has 1 aromatic heterocycles. The summed E-state index contributed by atoms with van der Waals surface area (Å²) < 4.78 is 53.2. The Morgan fingerprint density at radius 3 is 2.40 bits per heavy atom. The van der Waals surface area contributed by atoms with Crippen molar-refractivity contribution in [3.05, 3.63) is 83.4 Å². The first-order valence-corrected chi connectivity index (χ1v) is 16.6. The zero-order valence-electron chi connectivity index (χ0n) is 27.0. The lowest BCUT2D eigenvalue weighted by Gasteiger charge is -2.38. The van der Waals surface area contributed by atoms with Crippen molar-refractivity contribution in [3.8, 4) is 0 Å². The highest BCUT2D eigenvalue weighted by atomic mass is 32.2. The number of carbonyl (C=O) groups is 2. The van der Waals surface area contributed by atoms with E-state index in [0.29, 0.717) is 18.2 Å². The predicted octanol–water partition coefficient (Wildman–Crippen LogP) is 7.87.